The van der Waals surface area contributed by atoms with Crippen molar-refractivity contribution in [1.82, 2.24) is 19.1 Å². The molecule has 0 bridgehead atoms. The lowest BCUT2D eigenvalue weighted by Gasteiger charge is -2.13. The van der Waals surface area contributed by atoms with E-state index in [0.29, 0.717) is 5.82 Å². The van der Waals surface area contributed by atoms with Crippen molar-refractivity contribution in [2.45, 2.75) is 0 Å². The van der Waals surface area contributed by atoms with Crippen LogP contribution in [0.1, 0.15) is 0 Å². The van der Waals surface area contributed by atoms with Crippen molar-refractivity contribution in [1.29, 1.82) is 0 Å². The first-order valence-corrected chi connectivity index (χ1v) is 18.3. The maximum atomic E-state index is 5.31. The van der Waals surface area contributed by atoms with Gasteiger partial charge < -0.3 is 9.13 Å². The van der Waals surface area contributed by atoms with E-state index in [-0.39, 0.29) is 0 Å². The predicted molar refractivity (Wildman–Crippen MR) is 225 cm³/mol. The summed E-state index contributed by atoms with van der Waals surface area (Å²) in [6.45, 7) is 0. The van der Waals surface area contributed by atoms with Crippen molar-refractivity contribution in [3.8, 4) is 45.1 Å². The molecule has 11 aromatic rings. The van der Waals surface area contributed by atoms with E-state index in [9.17, 15) is 0 Å². The molecule has 8 aromatic carbocycles. The SMILES string of the molecule is c1ccc(-c2ccc3cc(-c4nc(-c5cccc(-n6c7ccccc7c7cc8c(ccn8-c8ccccc8)cc76)c5)nc5ccccc45)ccc3c2)cc1. The quantitative estimate of drug-likeness (QED) is 0.180. The van der Waals surface area contributed by atoms with Gasteiger partial charge in [-0.05, 0) is 88.6 Å². The van der Waals surface area contributed by atoms with Crippen molar-refractivity contribution in [2.75, 3.05) is 0 Å². The fourth-order valence-electron chi connectivity index (χ4n) is 8.10. The highest BCUT2D eigenvalue weighted by molar-refractivity contribution is 6.13. The lowest BCUT2D eigenvalue weighted by Crippen LogP contribution is -1.98. The van der Waals surface area contributed by atoms with Gasteiger partial charge in [0, 0.05) is 50.2 Å². The molecule has 0 saturated carbocycles. The van der Waals surface area contributed by atoms with Crippen LogP contribution in [0, 0.1) is 0 Å². The Morgan fingerprint density at radius 3 is 1.89 bits per heavy atom. The lowest BCUT2D eigenvalue weighted by molar-refractivity contribution is 1.13. The zero-order valence-corrected chi connectivity index (χ0v) is 29.3. The molecule has 4 nitrogen and oxygen atoms in total. The summed E-state index contributed by atoms with van der Waals surface area (Å²) in [5, 5.41) is 7.05. The van der Waals surface area contributed by atoms with Crippen molar-refractivity contribution >= 4 is 54.4 Å². The molecule has 0 aliphatic heterocycles. The summed E-state index contributed by atoms with van der Waals surface area (Å²) in [6.07, 6.45) is 2.16. The normalized spacial score (nSPS) is 11.7. The second-order valence-electron chi connectivity index (χ2n) is 13.9. The first-order valence-electron chi connectivity index (χ1n) is 18.3. The molecule has 0 radical (unpaired) electrons. The molecular weight excluding hydrogens is 657 g/mol. The van der Waals surface area contributed by atoms with E-state index in [0.717, 1.165) is 44.6 Å². The van der Waals surface area contributed by atoms with Crippen LogP contribution < -0.4 is 0 Å². The monoisotopic (exact) mass is 688 g/mol. The highest BCUT2D eigenvalue weighted by atomic mass is 15.0. The van der Waals surface area contributed by atoms with Crippen LogP contribution in [0.15, 0.2) is 194 Å². The van der Waals surface area contributed by atoms with Crippen LogP contribution in [0.2, 0.25) is 0 Å². The summed E-state index contributed by atoms with van der Waals surface area (Å²) in [4.78, 5) is 10.4. The molecule has 0 spiro atoms. The summed E-state index contributed by atoms with van der Waals surface area (Å²) >= 11 is 0. The topological polar surface area (TPSA) is 35.6 Å². The van der Waals surface area contributed by atoms with Gasteiger partial charge in [0.15, 0.2) is 5.82 Å². The summed E-state index contributed by atoms with van der Waals surface area (Å²) < 4.78 is 4.65. The molecule has 0 aliphatic carbocycles. The molecule has 252 valence electrons. The van der Waals surface area contributed by atoms with E-state index in [1.54, 1.807) is 0 Å². The maximum Gasteiger partial charge on any atom is 0.160 e. The third-order valence-corrected chi connectivity index (χ3v) is 10.7. The number of aromatic nitrogens is 4. The Balaban J connectivity index is 1.05. The molecule has 0 N–H and O–H groups in total. The molecule has 0 unspecified atom stereocenters. The van der Waals surface area contributed by atoms with Gasteiger partial charge in [-0.25, -0.2) is 9.97 Å². The highest BCUT2D eigenvalue weighted by Crippen LogP contribution is 2.37. The van der Waals surface area contributed by atoms with E-state index < -0.39 is 0 Å². The Morgan fingerprint density at radius 1 is 0.352 bits per heavy atom. The minimum Gasteiger partial charge on any atom is -0.317 e. The lowest BCUT2D eigenvalue weighted by atomic mass is 9.98. The number of hydrogen-bond donors (Lipinski definition) is 0. The smallest absolute Gasteiger partial charge is 0.160 e. The Hall–Kier alpha value is -7.30. The van der Waals surface area contributed by atoms with Crippen LogP contribution in [-0.2, 0) is 0 Å². The van der Waals surface area contributed by atoms with Crippen LogP contribution in [-0.4, -0.2) is 19.1 Å². The van der Waals surface area contributed by atoms with Crippen LogP contribution in [0.5, 0.6) is 0 Å². The van der Waals surface area contributed by atoms with Gasteiger partial charge in [0.05, 0.1) is 27.8 Å². The van der Waals surface area contributed by atoms with E-state index >= 15 is 0 Å². The second-order valence-corrected chi connectivity index (χ2v) is 13.9. The van der Waals surface area contributed by atoms with Gasteiger partial charge in [0.25, 0.3) is 0 Å². The number of rotatable bonds is 5. The molecule has 0 aliphatic rings. The minimum atomic E-state index is 0.702. The Bertz CT molecular complexity index is 3210. The first kappa shape index (κ1) is 30.3. The predicted octanol–water partition coefficient (Wildman–Crippen LogP) is 12.8. The molecule has 11 rings (SSSR count). The van der Waals surface area contributed by atoms with Crippen molar-refractivity contribution in [3.05, 3.63) is 194 Å². The second kappa shape index (κ2) is 12.1. The molecule has 0 atom stereocenters. The van der Waals surface area contributed by atoms with E-state index in [1.807, 2.05) is 0 Å². The zero-order valence-electron chi connectivity index (χ0n) is 29.3. The van der Waals surface area contributed by atoms with Gasteiger partial charge >= 0.3 is 0 Å². The Labute approximate surface area is 311 Å². The van der Waals surface area contributed by atoms with Crippen molar-refractivity contribution < 1.29 is 0 Å². The molecular formula is C50H32N4. The molecule has 3 aromatic heterocycles. The molecule has 0 fully saturated rings. The highest BCUT2D eigenvalue weighted by Gasteiger charge is 2.17. The fraction of sp³-hybridized carbons (Fsp3) is 0. The zero-order chi connectivity index (χ0) is 35.6. The molecule has 0 amide bonds. The van der Waals surface area contributed by atoms with E-state index in [2.05, 4.69) is 203 Å². The van der Waals surface area contributed by atoms with Gasteiger partial charge in [-0.3, -0.25) is 0 Å². The Kier molecular flexibility index (Phi) is 6.82. The van der Waals surface area contributed by atoms with Crippen molar-refractivity contribution in [2.24, 2.45) is 0 Å². The molecule has 4 heteroatoms. The maximum absolute atomic E-state index is 5.31. The van der Waals surface area contributed by atoms with Crippen LogP contribution >= 0.6 is 0 Å². The van der Waals surface area contributed by atoms with Gasteiger partial charge in [-0.2, -0.15) is 0 Å². The van der Waals surface area contributed by atoms with Crippen molar-refractivity contribution in [3.63, 3.8) is 0 Å². The number of fused-ring (bicyclic) bond motifs is 6. The minimum absolute atomic E-state index is 0.702. The van der Waals surface area contributed by atoms with Gasteiger partial charge in [-0.1, -0.05) is 121 Å². The standard InChI is InChI=1S/C50H32N4/c1-3-12-33(13-4-1)34-22-23-36-29-38(25-24-35(36)28-34)49-43-19-7-9-20-45(43)51-50(52-49)39-14-11-17-41(30-39)54-46-21-10-8-18-42(46)44-32-47-37(31-48(44)54)26-27-53(47)40-15-5-2-6-16-40/h1-32H. The summed E-state index contributed by atoms with van der Waals surface area (Å²) in [5.74, 6) is 0.702. The number of hydrogen-bond acceptors (Lipinski definition) is 2. The van der Waals surface area contributed by atoms with Crippen LogP contribution in [0.25, 0.3) is 99.5 Å². The largest absolute Gasteiger partial charge is 0.317 e. The third-order valence-electron chi connectivity index (χ3n) is 10.7. The van der Waals surface area contributed by atoms with Crippen LogP contribution in [0.3, 0.4) is 0 Å². The molecule has 0 saturated heterocycles. The van der Waals surface area contributed by atoms with E-state index in [1.165, 1.54) is 49.1 Å². The summed E-state index contributed by atoms with van der Waals surface area (Å²) in [6, 6.07) is 66.9. The van der Waals surface area contributed by atoms with Gasteiger partial charge in [0.2, 0.25) is 0 Å². The number of para-hydroxylation sites is 3. The average molecular weight is 689 g/mol. The summed E-state index contributed by atoms with van der Waals surface area (Å²) in [7, 11) is 0. The number of nitrogens with zero attached hydrogens (tertiary/aromatic N) is 4. The first-order chi connectivity index (χ1) is 26.7. The van der Waals surface area contributed by atoms with Gasteiger partial charge in [-0.15, -0.1) is 0 Å². The van der Waals surface area contributed by atoms with Gasteiger partial charge in [0.1, 0.15) is 0 Å². The number of benzene rings is 8. The summed E-state index contributed by atoms with van der Waals surface area (Å²) in [5.41, 5.74) is 12.0. The average Bonchev–Trinajstić information content (AvgIpc) is 3.81. The van der Waals surface area contributed by atoms with E-state index in [4.69, 9.17) is 9.97 Å². The Morgan fingerprint density at radius 2 is 1.04 bits per heavy atom. The molecule has 3 heterocycles. The fourth-order valence-corrected chi connectivity index (χ4v) is 8.10. The molecule has 54 heavy (non-hydrogen) atoms. The third kappa shape index (κ3) is 4.92. The van der Waals surface area contributed by atoms with Crippen LogP contribution in [0.4, 0.5) is 0 Å².